The van der Waals surface area contributed by atoms with Gasteiger partial charge >= 0.3 is 0 Å². The second-order valence-corrected chi connectivity index (χ2v) is 5.12. The summed E-state index contributed by atoms with van der Waals surface area (Å²) in [5.74, 6) is -0.0943. The lowest BCUT2D eigenvalue weighted by Gasteiger charge is -2.05. The van der Waals surface area contributed by atoms with E-state index in [-0.39, 0.29) is 11.8 Å². The van der Waals surface area contributed by atoms with E-state index >= 15 is 0 Å². The first-order chi connectivity index (χ1) is 10.8. The standard InChI is InChI=1S/C14H11N5O2S/c1-21-12-9(5-4-8-16-12)11(20)17-14-19-18-13(22-14)10-6-2-3-7-15-10/h2-8H,1H3,(H,17,19,20). The maximum Gasteiger partial charge on any atom is 0.262 e. The van der Waals surface area contributed by atoms with Gasteiger partial charge in [-0.1, -0.05) is 17.4 Å². The van der Waals surface area contributed by atoms with Crippen LogP contribution in [-0.4, -0.2) is 33.2 Å². The second kappa shape index (κ2) is 6.27. The fourth-order valence-electron chi connectivity index (χ4n) is 1.76. The van der Waals surface area contributed by atoms with Crippen LogP contribution in [0.2, 0.25) is 0 Å². The van der Waals surface area contributed by atoms with Crippen molar-refractivity contribution in [3.8, 4) is 16.6 Å². The van der Waals surface area contributed by atoms with Crippen molar-refractivity contribution >= 4 is 22.4 Å². The third-order valence-electron chi connectivity index (χ3n) is 2.74. The summed E-state index contributed by atoms with van der Waals surface area (Å²) in [5, 5.41) is 11.7. The predicted octanol–water partition coefficient (Wildman–Crippen LogP) is 2.26. The molecule has 1 amide bonds. The molecule has 0 aliphatic carbocycles. The molecule has 8 heteroatoms. The minimum atomic E-state index is -0.353. The van der Waals surface area contributed by atoms with Crippen LogP contribution in [0.25, 0.3) is 10.7 Å². The van der Waals surface area contributed by atoms with Gasteiger partial charge in [-0.15, -0.1) is 10.2 Å². The third kappa shape index (κ3) is 2.91. The topological polar surface area (TPSA) is 89.9 Å². The summed E-state index contributed by atoms with van der Waals surface area (Å²) in [6.07, 6.45) is 3.23. The summed E-state index contributed by atoms with van der Waals surface area (Å²) < 4.78 is 5.06. The summed E-state index contributed by atoms with van der Waals surface area (Å²) >= 11 is 1.24. The van der Waals surface area contributed by atoms with E-state index in [1.165, 1.54) is 18.4 Å². The number of carbonyl (C=O) groups excluding carboxylic acids is 1. The number of pyridine rings is 2. The number of carbonyl (C=O) groups is 1. The molecular formula is C14H11N5O2S. The van der Waals surface area contributed by atoms with Crippen LogP contribution >= 0.6 is 11.3 Å². The van der Waals surface area contributed by atoms with Gasteiger partial charge in [-0.3, -0.25) is 15.1 Å². The molecule has 0 aliphatic heterocycles. The molecular weight excluding hydrogens is 302 g/mol. The second-order valence-electron chi connectivity index (χ2n) is 4.14. The molecule has 0 saturated carbocycles. The van der Waals surface area contributed by atoms with Crippen LogP contribution in [0.4, 0.5) is 5.13 Å². The van der Waals surface area contributed by atoms with Crippen LogP contribution < -0.4 is 10.1 Å². The van der Waals surface area contributed by atoms with Crippen molar-refractivity contribution in [2.45, 2.75) is 0 Å². The van der Waals surface area contributed by atoms with Gasteiger partial charge in [-0.2, -0.15) is 0 Å². The van der Waals surface area contributed by atoms with E-state index in [4.69, 9.17) is 4.74 Å². The van der Waals surface area contributed by atoms with Gasteiger partial charge in [0.25, 0.3) is 5.91 Å². The Bertz CT molecular complexity index is 791. The normalized spacial score (nSPS) is 10.2. The van der Waals surface area contributed by atoms with Crippen LogP contribution in [0.5, 0.6) is 5.88 Å². The maximum atomic E-state index is 12.2. The molecule has 3 aromatic heterocycles. The van der Waals surface area contributed by atoms with E-state index in [1.54, 1.807) is 24.5 Å². The molecule has 0 atom stereocenters. The third-order valence-corrected chi connectivity index (χ3v) is 3.60. The van der Waals surface area contributed by atoms with Gasteiger partial charge in [0.2, 0.25) is 11.0 Å². The number of amides is 1. The monoisotopic (exact) mass is 313 g/mol. The highest BCUT2D eigenvalue weighted by Gasteiger charge is 2.15. The van der Waals surface area contributed by atoms with E-state index in [9.17, 15) is 4.79 Å². The fraction of sp³-hybridized carbons (Fsp3) is 0.0714. The van der Waals surface area contributed by atoms with Gasteiger partial charge in [0, 0.05) is 12.4 Å². The summed E-state index contributed by atoms with van der Waals surface area (Å²) in [7, 11) is 1.46. The first-order valence-electron chi connectivity index (χ1n) is 6.33. The summed E-state index contributed by atoms with van der Waals surface area (Å²) in [5.41, 5.74) is 1.04. The first-order valence-corrected chi connectivity index (χ1v) is 7.15. The van der Waals surface area contributed by atoms with Crippen molar-refractivity contribution in [3.05, 3.63) is 48.3 Å². The molecule has 0 fully saturated rings. The van der Waals surface area contributed by atoms with E-state index in [2.05, 4.69) is 25.5 Å². The summed E-state index contributed by atoms with van der Waals surface area (Å²) in [4.78, 5) is 20.4. The highest BCUT2D eigenvalue weighted by Crippen LogP contribution is 2.25. The molecule has 22 heavy (non-hydrogen) atoms. The summed E-state index contributed by atoms with van der Waals surface area (Å²) in [6.45, 7) is 0. The molecule has 3 rings (SSSR count). The highest BCUT2D eigenvalue weighted by molar-refractivity contribution is 7.18. The quantitative estimate of drug-likeness (QED) is 0.794. The zero-order valence-electron chi connectivity index (χ0n) is 11.6. The number of rotatable bonds is 4. The number of anilines is 1. The molecule has 0 aromatic carbocycles. The van der Waals surface area contributed by atoms with Gasteiger partial charge in [0.1, 0.15) is 11.3 Å². The van der Waals surface area contributed by atoms with E-state index in [0.717, 1.165) is 0 Å². The van der Waals surface area contributed by atoms with Crippen molar-refractivity contribution in [1.82, 2.24) is 20.2 Å². The zero-order chi connectivity index (χ0) is 15.4. The molecule has 0 bridgehead atoms. The van der Waals surface area contributed by atoms with Gasteiger partial charge in [0.15, 0.2) is 5.01 Å². The predicted molar refractivity (Wildman–Crippen MR) is 81.9 cm³/mol. The van der Waals surface area contributed by atoms with Crippen LogP contribution in [0.15, 0.2) is 42.7 Å². The van der Waals surface area contributed by atoms with Gasteiger partial charge in [-0.05, 0) is 24.3 Å². The van der Waals surface area contributed by atoms with Gasteiger partial charge in [-0.25, -0.2) is 4.98 Å². The Hall–Kier alpha value is -2.87. The lowest BCUT2D eigenvalue weighted by Crippen LogP contribution is -2.13. The number of hydrogen-bond donors (Lipinski definition) is 1. The van der Waals surface area contributed by atoms with Crippen LogP contribution in [0, 0.1) is 0 Å². The lowest BCUT2D eigenvalue weighted by molar-refractivity contribution is 0.102. The Morgan fingerprint density at radius 1 is 1.14 bits per heavy atom. The number of ether oxygens (including phenoxy) is 1. The van der Waals surface area contributed by atoms with E-state index < -0.39 is 0 Å². The van der Waals surface area contributed by atoms with Crippen molar-refractivity contribution in [2.75, 3.05) is 12.4 Å². The van der Waals surface area contributed by atoms with E-state index in [0.29, 0.717) is 21.4 Å². The number of aromatic nitrogens is 4. The fourth-order valence-corrected chi connectivity index (χ4v) is 2.47. The SMILES string of the molecule is COc1ncccc1C(=O)Nc1nnc(-c2ccccn2)s1. The van der Waals surface area contributed by atoms with Crippen molar-refractivity contribution < 1.29 is 9.53 Å². The number of hydrogen-bond acceptors (Lipinski definition) is 7. The molecule has 110 valence electrons. The molecule has 0 saturated heterocycles. The van der Waals surface area contributed by atoms with Crippen LogP contribution in [0.1, 0.15) is 10.4 Å². The van der Waals surface area contributed by atoms with Crippen molar-refractivity contribution in [3.63, 3.8) is 0 Å². The minimum Gasteiger partial charge on any atom is -0.480 e. The Morgan fingerprint density at radius 3 is 2.77 bits per heavy atom. The Morgan fingerprint density at radius 2 is 2.00 bits per heavy atom. The molecule has 7 nitrogen and oxygen atoms in total. The lowest BCUT2D eigenvalue weighted by atomic mass is 10.2. The average molecular weight is 313 g/mol. The summed E-state index contributed by atoms with van der Waals surface area (Å²) in [6, 6.07) is 8.80. The Balaban J connectivity index is 1.79. The van der Waals surface area contributed by atoms with Gasteiger partial charge in [0.05, 0.1) is 7.11 Å². The molecule has 0 unspecified atom stereocenters. The molecule has 0 spiro atoms. The molecule has 0 radical (unpaired) electrons. The molecule has 3 heterocycles. The molecule has 1 N–H and O–H groups in total. The highest BCUT2D eigenvalue weighted by atomic mass is 32.1. The molecule has 0 aliphatic rings. The van der Waals surface area contributed by atoms with Crippen molar-refractivity contribution in [1.29, 1.82) is 0 Å². The van der Waals surface area contributed by atoms with E-state index in [1.807, 2.05) is 18.2 Å². The van der Waals surface area contributed by atoms with Crippen molar-refractivity contribution in [2.24, 2.45) is 0 Å². The Kier molecular flexibility index (Phi) is 4.01. The number of nitrogens with zero attached hydrogens (tertiary/aromatic N) is 4. The van der Waals surface area contributed by atoms with Crippen LogP contribution in [0.3, 0.4) is 0 Å². The average Bonchev–Trinajstić information content (AvgIpc) is 3.04. The minimum absolute atomic E-state index is 0.259. The Labute approximate surface area is 130 Å². The molecule has 3 aromatic rings. The van der Waals surface area contributed by atoms with Crippen LogP contribution in [-0.2, 0) is 0 Å². The maximum absolute atomic E-state index is 12.2. The first kappa shape index (κ1) is 14.1. The van der Waals surface area contributed by atoms with Gasteiger partial charge < -0.3 is 4.74 Å². The number of nitrogens with one attached hydrogen (secondary N) is 1. The number of methoxy groups -OCH3 is 1. The largest absolute Gasteiger partial charge is 0.480 e. The smallest absolute Gasteiger partial charge is 0.262 e. The zero-order valence-corrected chi connectivity index (χ0v) is 12.4.